The molecule has 0 amide bonds. The molecule has 4 rings (SSSR count). The minimum absolute atomic E-state index is 0.104. The number of ether oxygens (including phenoxy) is 2. The maximum absolute atomic E-state index is 14.7. The molecule has 35 heavy (non-hydrogen) atoms. The molecule has 0 radical (unpaired) electrons. The van der Waals surface area contributed by atoms with Crippen LogP contribution in [0.4, 0.5) is 16.2 Å². The third-order valence-electron chi connectivity index (χ3n) is 7.00. The first-order valence-corrected chi connectivity index (χ1v) is 12.6. The van der Waals surface area contributed by atoms with Gasteiger partial charge in [0.25, 0.3) is 0 Å². The molecule has 0 spiro atoms. The van der Waals surface area contributed by atoms with Crippen molar-refractivity contribution in [2.75, 3.05) is 44.1 Å². The molecule has 2 fully saturated rings. The Morgan fingerprint density at radius 3 is 2.63 bits per heavy atom. The smallest absolute Gasteiger partial charge is 0.223 e. The van der Waals surface area contributed by atoms with Crippen LogP contribution in [0.15, 0.2) is 18.5 Å². The topological polar surface area (TPSA) is 106 Å². The van der Waals surface area contributed by atoms with Crippen molar-refractivity contribution in [3.63, 3.8) is 0 Å². The van der Waals surface area contributed by atoms with E-state index in [1.165, 1.54) is 6.20 Å². The first-order valence-electron chi connectivity index (χ1n) is 12.6. The van der Waals surface area contributed by atoms with E-state index in [2.05, 4.69) is 49.7 Å². The van der Waals surface area contributed by atoms with Gasteiger partial charge in [0.05, 0.1) is 12.8 Å². The first-order chi connectivity index (χ1) is 16.9. The molecule has 0 aromatic carbocycles. The lowest BCUT2D eigenvalue weighted by atomic mass is 9.82. The summed E-state index contributed by atoms with van der Waals surface area (Å²) in [4.78, 5) is 17.4. The van der Waals surface area contributed by atoms with E-state index >= 15 is 0 Å². The highest BCUT2D eigenvalue weighted by Crippen LogP contribution is 2.30. The number of anilines is 2. The highest BCUT2D eigenvalue weighted by Gasteiger charge is 2.27. The Bertz CT molecular complexity index is 949. The fraction of sp³-hybridized carbons (Fsp3) is 0.680. The van der Waals surface area contributed by atoms with Crippen LogP contribution >= 0.6 is 0 Å². The first kappa shape index (κ1) is 25.7. The normalized spacial score (nSPS) is 23.0. The van der Waals surface area contributed by atoms with Crippen LogP contribution in [0, 0.1) is 11.2 Å². The van der Waals surface area contributed by atoms with E-state index in [9.17, 15) is 4.39 Å². The largest absolute Gasteiger partial charge is 0.383 e. The summed E-state index contributed by atoms with van der Waals surface area (Å²) in [6.07, 6.45) is 8.92. The zero-order chi connectivity index (χ0) is 24.7. The highest BCUT2D eigenvalue weighted by molar-refractivity contribution is 5.54. The summed E-state index contributed by atoms with van der Waals surface area (Å²) in [7, 11) is 1.72. The lowest BCUT2D eigenvalue weighted by Crippen LogP contribution is -2.43. The quantitative estimate of drug-likeness (QED) is 0.463. The molecule has 2 aromatic heterocycles. The Hall–Kier alpha value is -2.43. The maximum atomic E-state index is 14.7. The van der Waals surface area contributed by atoms with Crippen molar-refractivity contribution >= 4 is 11.8 Å². The molecule has 2 aromatic rings. The van der Waals surface area contributed by atoms with E-state index < -0.39 is 5.82 Å². The molecule has 192 valence electrons. The van der Waals surface area contributed by atoms with E-state index in [1.807, 2.05) is 0 Å². The number of aromatic nitrogens is 4. The lowest BCUT2D eigenvalue weighted by molar-refractivity contribution is 0.0300. The average Bonchev–Trinajstić information content (AvgIpc) is 2.86. The summed E-state index contributed by atoms with van der Waals surface area (Å²) in [6, 6.07) is 2.86. The number of nitrogens with zero attached hydrogens (tertiary/aromatic N) is 4. The van der Waals surface area contributed by atoms with E-state index in [0.717, 1.165) is 58.3 Å². The van der Waals surface area contributed by atoms with Crippen LogP contribution in [0.5, 0.6) is 0 Å². The Labute approximate surface area is 207 Å². The summed E-state index contributed by atoms with van der Waals surface area (Å²) in [5.41, 5.74) is 0.254. The Balaban J connectivity index is 1.36. The van der Waals surface area contributed by atoms with Gasteiger partial charge in [-0.3, -0.25) is 0 Å². The Kier molecular flexibility index (Phi) is 8.80. The number of hydrogen-bond acceptors (Lipinski definition) is 9. The second-order valence-electron chi connectivity index (χ2n) is 10.1. The van der Waals surface area contributed by atoms with Gasteiger partial charge in [0.15, 0.2) is 11.6 Å². The van der Waals surface area contributed by atoms with Crippen molar-refractivity contribution in [2.24, 2.45) is 5.41 Å². The summed E-state index contributed by atoms with van der Waals surface area (Å²) in [5, 5.41) is 10.4. The van der Waals surface area contributed by atoms with Gasteiger partial charge in [0.2, 0.25) is 5.95 Å². The van der Waals surface area contributed by atoms with Gasteiger partial charge in [0, 0.05) is 51.2 Å². The van der Waals surface area contributed by atoms with Crippen LogP contribution in [-0.2, 0) is 9.47 Å². The predicted molar refractivity (Wildman–Crippen MR) is 134 cm³/mol. The molecule has 1 unspecified atom stereocenters. The third kappa shape index (κ3) is 7.28. The van der Waals surface area contributed by atoms with Crippen molar-refractivity contribution in [3.8, 4) is 11.5 Å². The van der Waals surface area contributed by atoms with Crippen molar-refractivity contribution in [1.29, 1.82) is 0 Å². The molecule has 9 nitrogen and oxygen atoms in total. The van der Waals surface area contributed by atoms with Gasteiger partial charge in [-0.2, -0.15) is 0 Å². The zero-order valence-corrected chi connectivity index (χ0v) is 21.0. The van der Waals surface area contributed by atoms with E-state index in [0.29, 0.717) is 30.5 Å². The zero-order valence-electron chi connectivity index (χ0n) is 21.0. The van der Waals surface area contributed by atoms with Crippen LogP contribution in [0.25, 0.3) is 11.5 Å². The van der Waals surface area contributed by atoms with Crippen molar-refractivity contribution < 1.29 is 13.9 Å². The molecule has 1 atom stereocenters. The molecule has 10 heteroatoms. The molecular weight excluding hydrogens is 449 g/mol. The second-order valence-corrected chi connectivity index (χ2v) is 10.1. The van der Waals surface area contributed by atoms with Crippen LogP contribution in [-0.4, -0.2) is 71.5 Å². The van der Waals surface area contributed by atoms with Gasteiger partial charge < -0.3 is 25.4 Å². The van der Waals surface area contributed by atoms with Gasteiger partial charge in [-0.15, -0.1) is 0 Å². The number of rotatable bonds is 10. The third-order valence-corrected chi connectivity index (χ3v) is 7.00. The minimum Gasteiger partial charge on any atom is -0.383 e. The average molecular weight is 488 g/mol. The molecule has 2 aliphatic rings. The molecule has 1 saturated heterocycles. The van der Waals surface area contributed by atoms with Gasteiger partial charge in [-0.05, 0) is 56.9 Å². The maximum Gasteiger partial charge on any atom is 0.223 e. The van der Waals surface area contributed by atoms with E-state index in [4.69, 9.17) is 9.47 Å². The molecular formula is C25H38FN7O2. The minimum atomic E-state index is -0.538. The lowest BCUT2D eigenvalue weighted by Gasteiger charge is -2.33. The Morgan fingerprint density at radius 1 is 1.14 bits per heavy atom. The molecule has 0 bridgehead atoms. The van der Waals surface area contributed by atoms with Crippen LogP contribution < -0.4 is 16.0 Å². The number of halogens is 1. The highest BCUT2D eigenvalue weighted by atomic mass is 19.1. The fourth-order valence-corrected chi connectivity index (χ4v) is 4.80. The number of nitrogens with one attached hydrogen (secondary N) is 3. The Morgan fingerprint density at radius 2 is 1.89 bits per heavy atom. The van der Waals surface area contributed by atoms with Crippen molar-refractivity contribution in [2.45, 2.75) is 70.5 Å². The second kappa shape index (κ2) is 12.0. The van der Waals surface area contributed by atoms with Gasteiger partial charge in [-0.25, -0.2) is 24.3 Å². The molecule has 3 N–H and O–H groups in total. The van der Waals surface area contributed by atoms with Crippen LogP contribution in [0.1, 0.15) is 52.4 Å². The molecule has 3 heterocycles. The van der Waals surface area contributed by atoms with Crippen LogP contribution in [0.2, 0.25) is 0 Å². The van der Waals surface area contributed by atoms with Gasteiger partial charge in [-0.1, -0.05) is 6.92 Å². The van der Waals surface area contributed by atoms with Crippen molar-refractivity contribution in [3.05, 3.63) is 24.3 Å². The molecule has 1 saturated carbocycles. The van der Waals surface area contributed by atoms with E-state index in [-0.39, 0.29) is 23.0 Å². The number of methoxy groups -OCH3 is 1. The summed E-state index contributed by atoms with van der Waals surface area (Å²) >= 11 is 0. The monoisotopic (exact) mass is 487 g/mol. The number of hydrogen-bond donors (Lipinski definition) is 3. The molecule has 1 aliphatic carbocycles. The molecule has 1 aliphatic heterocycles. The fourth-order valence-electron chi connectivity index (χ4n) is 4.80. The van der Waals surface area contributed by atoms with Crippen molar-refractivity contribution in [1.82, 2.24) is 25.3 Å². The van der Waals surface area contributed by atoms with Crippen LogP contribution in [0.3, 0.4) is 0 Å². The predicted octanol–water partition coefficient (Wildman–Crippen LogP) is 3.65. The summed E-state index contributed by atoms with van der Waals surface area (Å²) in [6.45, 7) is 7.42. The van der Waals surface area contributed by atoms with E-state index in [1.54, 1.807) is 19.4 Å². The summed E-state index contributed by atoms with van der Waals surface area (Å²) < 4.78 is 25.3. The standard InChI is InChI=1S/C25H38FN7O2/c1-17(15-34-3)30-18-4-6-19(7-5-18)31-24-28-14-20(26)22(33-24)23-27-11-8-21(32-23)29-16-25(2)9-12-35-13-10-25/h8,11,14,17-19,30H,4-7,9-10,12-13,15-16H2,1-3H3,(H,27,29,32)(H,28,31,33). The summed E-state index contributed by atoms with van der Waals surface area (Å²) in [5.74, 6) is 0.769. The van der Waals surface area contributed by atoms with Gasteiger partial charge in [0.1, 0.15) is 11.5 Å². The van der Waals surface area contributed by atoms with Gasteiger partial charge >= 0.3 is 0 Å². The SMILES string of the molecule is COCC(C)NC1CCC(Nc2ncc(F)c(-c3nccc(NCC4(C)CCOCC4)n3)n2)CC1.